The minimum absolute atomic E-state index is 0.398. The van der Waals surface area contributed by atoms with Gasteiger partial charge in [-0.3, -0.25) is 4.90 Å². The Labute approximate surface area is 114 Å². The van der Waals surface area contributed by atoms with E-state index in [1.54, 1.807) is 0 Å². The Kier molecular flexibility index (Phi) is 3.26. The van der Waals surface area contributed by atoms with E-state index in [4.69, 9.17) is 0 Å². The summed E-state index contributed by atoms with van der Waals surface area (Å²) in [6, 6.07) is 14.7. The Morgan fingerprint density at radius 3 is 2.68 bits per heavy atom. The summed E-state index contributed by atoms with van der Waals surface area (Å²) in [4.78, 5) is 2.44. The van der Waals surface area contributed by atoms with Crippen LogP contribution >= 0.6 is 0 Å². The van der Waals surface area contributed by atoms with Gasteiger partial charge in [0.2, 0.25) is 0 Å². The van der Waals surface area contributed by atoms with E-state index in [-0.39, 0.29) is 0 Å². The van der Waals surface area contributed by atoms with Gasteiger partial charge >= 0.3 is 0 Å². The number of aromatic hydroxyl groups is 1. The third-order valence-corrected chi connectivity index (χ3v) is 3.89. The molecule has 19 heavy (non-hydrogen) atoms. The van der Waals surface area contributed by atoms with Gasteiger partial charge < -0.3 is 5.11 Å². The van der Waals surface area contributed by atoms with E-state index in [9.17, 15) is 5.11 Å². The van der Waals surface area contributed by atoms with Crippen LogP contribution in [0.4, 0.5) is 0 Å². The fourth-order valence-corrected chi connectivity index (χ4v) is 2.70. The summed E-state index contributed by atoms with van der Waals surface area (Å²) in [6.45, 7) is 4.93. The summed E-state index contributed by atoms with van der Waals surface area (Å²) in [5.41, 5.74) is 5.03. The molecular weight excluding hydrogens is 234 g/mol. The molecule has 0 saturated heterocycles. The Morgan fingerprint density at radius 2 is 1.89 bits per heavy atom. The highest BCUT2D eigenvalue weighted by Crippen LogP contribution is 2.22. The summed E-state index contributed by atoms with van der Waals surface area (Å²) >= 11 is 0. The quantitative estimate of drug-likeness (QED) is 0.888. The maximum Gasteiger partial charge on any atom is 0.118 e. The highest BCUT2D eigenvalue weighted by atomic mass is 16.3. The molecule has 0 radical (unpaired) electrons. The summed E-state index contributed by atoms with van der Waals surface area (Å²) in [5.74, 6) is 0.398. The molecule has 98 valence electrons. The van der Waals surface area contributed by atoms with Crippen molar-refractivity contribution in [3.63, 3.8) is 0 Å². The molecule has 2 aromatic rings. The zero-order valence-corrected chi connectivity index (χ0v) is 11.3. The molecular formula is C17H19NO. The van der Waals surface area contributed by atoms with Gasteiger partial charge in [0.05, 0.1) is 0 Å². The van der Waals surface area contributed by atoms with Gasteiger partial charge in [-0.05, 0) is 41.7 Å². The van der Waals surface area contributed by atoms with E-state index < -0.39 is 0 Å². The van der Waals surface area contributed by atoms with Crippen LogP contribution in [-0.2, 0) is 19.5 Å². The first-order chi connectivity index (χ1) is 9.22. The van der Waals surface area contributed by atoms with Crippen molar-refractivity contribution in [3.05, 3.63) is 64.7 Å². The molecule has 0 fully saturated rings. The molecule has 0 spiro atoms. The van der Waals surface area contributed by atoms with Crippen LogP contribution in [0.3, 0.4) is 0 Å². The molecule has 1 N–H and O–H groups in total. The highest BCUT2D eigenvalue weighted by molar-refractivity contribution is 5.35. The number of phenols is 1. The molecule has 0 bridgehead atoms. The number of nitrogens with zero attached hydrogens (tertiary/aromatic N) is 1. The monoisotopic (exact) mass is 253 g/mol. The van der Waals surface area contributed by atoms with E-state index in [0.29, 0.717) is 5.75 Å². The molecule has 3 rings (SSSR count). The first kappa shape index (κ1) is 12.2. The van der Waals surface area contributed by atoms with Gasteiger partial charge in [0.15, 0.2) is 0 Å². The highest BCUT2D eigenvalue weighted by Gasteiger charge is 2.15. The summed E-state index contributed by atoms with van der Waals surface area (Å²) < 4.78 is 0. The average molecular weight is 253 g/mol. The molecule has 0 atom stereocenters. The lowest BCUT2D eigenvalue weighted by molar-refractivity contribution is 0.245. The molecule has 2 aromatic carbocycles. The Bertz CT molecular complexity index is 592. The molecule has 0 saturated carbocycles. The van der Waals surface area contributed by atoms with Crippen LogP contribution < -0.4 is 0 Å². The van der Waals surface area contributed by atoms with Crippen molar-refractivity contribution in [1.29, 1.82) is 0 Å². The zero-order chi connectivity index (χ0) is 13.2. The fourth-order valence-electron chi connectivity index (χ4n) is 2.70. The second kappa shape index (κ2) is 5.06. The second-order valence-electron chi connectivity index (χ2n) is 5.35. The minimum Gasteiger partial charge on any atom is -0.508 e. The normalized spacial score (nSPS) is 15.2. The van der Waals surface area contributed by atoms with E-state index in [1.807, 2.05) is 19.1 Å². The SMILES string of the molecule is Cc1ccc(CN2CCc3ccccc3C2)cc1O. The number of aryl methyl sites for hydroxylation is 1. The van der Waals surface area contributed by atoms with Crippen LogP contribution in [0.25, 0.3) is 0 Å². The van der Waals surface area contributed by atoms with Gasteiger partial charge in [-0.15, -0.1) is 0 Å². The molecule has 0 aromatic heterocycles. The lowest BCUT2D eigenvalue weighted by Gasteiger charge is -2.28. The van der Waals surface area contributed by atoms with E-state index >= 15 is 0 Å². The molecule has 0 amide bonds. The van der Waals surface area contributed by atoms with Crippen molar-refractivity contribution in [3.8, 4) is 5.75 Å². The number of benzene rings is 2. The van der Waals surface area contributed by atoms with E-state index in [1.165, 1.54) is 16.7 Å². The van der Waals surface area contributed by atoms with E-state index in [0.717, 1.165) is 31.6 Å². The molecule has 1 heterocycles. The number of phenolic OH excluding ortho intramolecular Hbond substituents is 1. The average Bonchev–Trinajstić information content (AvgIpc) is 2.43. The molecule has 0 unspecified atom stereocenters. The first-order valence-corrected chi connectivity index (χ1v) is 6.80. The molecule has 1 aliphatic rings. The summed E-state index contributed by atoms with van der Waals surface area (Å²) in [6.07, 6.45) is 1.12. The van der Waals surface area contributed by atoms with Gasteiger partial charge in [0.1, 0.15) is 5.75 Å². The molecule has 1 aliphatic heterocycles. The number of fused-ring (bicyclic) bond motifs is 1. The zero-order valence-electron chi connectivity index (χ0n) is 11.3. The van der Waals surface area contributed by atoms with E-state index in [2.05, 4.69) is 35.2 Å². The third kappa shape index (κ3) is 2.64. The minimum atomic E-state index is 0.398. The van der Waals surface area contributed by atoms with Gasteiger partial charge in [-0.2, -0.15) is 0 Å². The lowest BCUT2D eigenvalue weighted by Crippen LogP contribution is -2.29. The maximum atomic E-state index is 9.77. The standard InChI is InChI=1S/C17H19NO/c1-13-6-7-14(10-17(13)19)11-18-9-8-15-4-2-3-5-16(15)12-18/h2-7,10,19H,8-9,11-12H2,1H3. The van der Waals surface area contributed by atoms with Gasteiger partial charge in [0.25, 0.3) is 0 Å². The fraction of sp³-hybridized carbons (Fsp3) is 0.294. The Morgan fingerprint density at radius 1 is 1.11 bits per heavy atom. The van der Waals surface area contributed by atoms with Gasteiger partial charge in [-0.1, -0.05) is 36.4 Å². The number of hydrogen-bond acceptors (Lipinski definition) is 2. The lowest BCUT2D eigenvalue weighted by atomic mass is 9.99. The maximum absolute atomic E-state index is 9.77. The number of rotatable bonds is 2. The predicted octanol–water partition coefficient (Wildman–Crippen LogP) is 3.26. The van der Waals surface area contributed by atoms with Crippen molar-refractivity contribution < 1.29 is 5.11 Å². The van der Waals surface area contributed by atoms with Crippen molar-refractivity contribution in [2.75, 3.05) is 6.54 Å². The van der Waals surface area contributed by atoms with Crippen molar-refractivity contribution in [2.24, 2.45) is 0 Å². The summed E-state index contributed by atoms with van der Waals surface area (Å²) in [7, 11) is 0. The largest absolute Gasteiger partial charge is 0.508 e. The van der Waals surface area contributed by atoms with Crippen LogP contribution in [0.15, 0.2) is 42.5 Å². The molecule has 2 heteroatoms. The van der Waals surface area contributed by atoms with Crippen LogP contribution in [-0.4, -0.2) is 16.6 Å². The van der Waals surface area contributed by atoms with Crippen molar-refractivity contribution in [2.45, 2.75) is 26.4 Å². The van der Waals surface area contributed by atoms with Gasteiger partial charge in [0, 0.05) is 19.6 Å². The van der Waals surface area contributed by atoms with Crippen molar-refractivity contribution >= 4 is 0 Å². The number of hydrogen-bond donors (Lipinski definition) is 1. The predicted molar refractivity (Wildman–Crippen MR) is 77.1 cm³/mol. The van der Waals surface area contributed by atoms with Crippen molar-refractivity contribution in [1.82, 2.24) is 4.90 Å². The molecule has 2 nitrogen and oxygen atoms in total. The summed E-state index contributed by atoms with van der Waals surface area (Å²) in [5, 5.41) is 9.77. The Hall–Kier alpha value is -1.80. The topological polar surface area (TPSA) is 23.5 Å². The second-order valence-corrected chi connectivity index (χ2v) is 5.35. The van der Waals surface area contributed by atoms with Crippen LogP contribution in [0.1, 0.15) is 22.3 Å². The smallest absolute Gasteiger partial charge is 0.118 e. The Balaban J connectivity index is 1.73. The third-order valence-electron chi connectivity index (χ3n) is 3.89. The van der Waals surface area contributed by atoms with Crippen LogP contribution in [0.5, 0.6) is 5.75 Å². The van der Waals surface area contributed by atoms with Crippen LogP contribution in [0, 0.1) is 6.92 Å². The first-order valence-electron chi connectivity index (χ1n) is 6.80. The van der Waals surface area contributed by atoms with Crippen LogP contribution in [0.2, 0.25) is 0 Å². The molecule has 0 aliphatic carbocycles. The van der Waals surface area contributed by atoms with Gasteiger partial charge in [-0.25, -0.2) is 0 Å².